The molecule has 1 aliphatic rings. The summed E-state index contributed by atoms with van der Waals surface area (Å²) in [6, 6.07) is 2.61. The molecule has 3 rings (SSSR count). The van der Waals surface area contributed by atoms with Crippen LogP contribution in [0.5, 0.6) is 5.75 Å². The number of hydrogen-bond acceptors (Lipinski definition) is 5. The minimum atomic E-state index is -0.572. The second-order valence-corrected chi connectivity index (χ2v) is 7.01. The summed E-state index contributed by atoms with van der Waals surface area (Å²) in [7, 11) is 1.59. The molecule has 2 heterocycles. The zero-order valence-corrected chi connectivity index (χ0v) is 15.0. The molecule has 0 bridgehead atoms. The second-order valence-electron chi connectivity index (χ2n) is 5.68. The van der Waals surface area contributed by atoms with Gasteiger partial charge in [-0.25, -0.2) is 14.1 Å². The van der Waals surface area contributed by atoms with Crippen LogP contribution in [0, 0.1) is 5.82 Å². The molecule has 0 N–H and O–H groups in total. The van der Waals surface area contributed by atoms with E-state index in [1.165, 1.54) is 12.1 Å². The van der Waals surface area contributed by atoms with Crippen LogP contribution in [0.15, 0.2) is 21.9 Å². The summed E-state index contributed by atoms with van der Waals surface area (Å²) >= 11 is 6.97. The molecule has 1 aromatic carbocycles. The van der Waals surface area contributed by atoms with Crippen molar-refractivity contribution in [2.75, 3.05) is 7.11 Å². The molecule has 24 heavy (non-hydrogen) atoms. The predicted octanol–water partition coefficient (Wildman–Crippen LogP) is 2.55. The minimum absolute atomic E-state index is 0.0769. The van der Waals surface area contributed by atoms with Gasteiger partial charge in [0, 0.05) is 13.2 Å². The fourth-order valence-corrected chi connectivity index (χ4v) is 3.51. The van der Waals surface area contributed by atoms with E-state index in [0.717, 1.165) is 11.3 Å². The summed E-state index contributed by atoms with van der Waals surface area (Å²) in [6.45, 7) is 4.66. The number of nitrogens with zero attached hydrogens (tertiary/aromatic N) is 3. The van der Waals surface area contributed by atoms with Crippen LogP contribution in [-0.2, 0) is 17.8 Å². The maximum Gasteiger partial charge on any atom is 0.325 e. The number of ether oxygens (including phenoxy) is 2. The molecule has 0 radical (unpaired) electrons. The summed E-state index contributed by atoms with van der Waals surface area (Å²) in [5, 5.41) is 0.183. The van der Waals surface area contributed by atoms with E-state index in [-0.39, 0.29) is 27.8 Å². The largest absolute Gasteiger partial charge is 0.489 e. The van der Waals surface area contributed by atoms with Gasteiger partial charge in [-0.1, -0.05) is 11.6 Å². The predicted molar refractivity (Wildman–Crippen MR) is 89.8 cm³/mol. The van der Waals surface area contributed by atoms with E-state index in [2.05, 4.69) is 4.99 Å². The number of halogens is 2. The number of hydrogen-bond donors (Lipinski definition) is 0. The maximum absolute atomic E-state index is 14.2. The Morgan fingerprint density at radius 3 is 2.75 bits per heavy atom. The Morgan fingerprint density at radius 2 is 2.08 bits per heavy atom. The van der Waals surface area contributed by atoms with Gasteiger partial charge in [0.25, 0.3) is 0 Å². The van der Waals surface area contributed by atoms with Gasteiger partial charge in [-0.3, -0.25) is 9.48 Å². The summed E-state index contributed by atoms with van der Waals surface area (Å²) in [5.74, 6) is -0.215. The molecule has 1 aromatic heterocycles. The fraction of sp³-hybridized carbons (Fsp3) is 0.467. The Bertz CT molecular complexity index is 887. The van der Waals surface area contributed by atoms with E-state index in [1.54, 1.807) is 16.5 Å². The van der Waals surface area contributed by atoms with Crippen molar-refractivity contribution in [2.24, 2.45) is 4.99 Å². The quantitative estimate of drug-likeness (QED) is 0.827. The molecule has 1 atom stereocenters. The minimum Gasteiger partial charge on any atom is -0.489 e. The zero-order valence-electron chi connectivity index (χ0n) is 13.5. The SMILES string of the molecule is COC1Cn2c(=O)s/c(=N/c3cc(OC(C)C)c(Cl)cc3F)n2C1. The molecule has 2 aromatic rings. The maximum atomic E-state index is 14.2. The molecular weight excluding hydrogens is 357 g/mol. The lowest BCUT2D eigenvalue weighted by molar-refractivity contribution is 0.0992. The van der Waals surface area contributed by atoms with Crippen LogP contribution in [0.25, 0.3) is 0 Å². The van der Waals surface area contributed by atoms with Gasteiger partial charge in [-0.2, -0.15) is 0 Å². The first-order valence-electron chi connectivity index (χ1n) is 7.43. The van der Waals surface area contributed by atoms with Crippen LogP contribution in [0.2, 0.25) is 5.02 Å². The molecule has 0 fully saturated rings. The third kappa shape index (κ3) is 3.26. The Kier molecular flexibility index (Phi) is 4.80. The van der Waals surface area contributed by atoms with E-state index in [0.29, 0.717) is 23.6 Å². The van der Waals surface area contributed by atoms with Crippen molar-refractivity contribution in [3.05, 3.63) is 37.4 Å². The van der Waals surface area contributed by atoms with Gasteiger partial charge >= 0.3 is 4.87 Å². The van der Waals surface area contributed by atoms with Crippen molar-refractivity contribution < 1.29 is 13.9 Å². The van der Waals surface area contributed by atoms with Crippen LogP contribution in [0.3, 0.4) is 0 Å². The number of benzene rings is 1. The Balaban J connectivity index is 2.07. The van der Waals surface area contributed by atoms with Crippen LogP contribution in [0.4, 0.5) is 10.1 Å². The van der Waals surface area contributed by atoms with Gasteiger partial charge in [-0.05, 0) is 31.3 Å². The highest BCUT2D eigenvalue weighted by Gasteiger charge is 2.24. The van der Waals surface area contributed by atoms with Crippen molar-refractivity contribution in [1.29, 1.82) is 0 Å². The first kappa shape index (κ1) is 17.2. The standard InChI is InChI=1S/C15H17ClFN3O3S/c1-8(2)23-13-5-12(11(17)4-10(13)16)18-14-19-6-9(22-3)7-20(19)15(21)24-14/h4-5,8-9H,6-7H2,1-3H3/b18-14+. The van der Waals surface area contributed by atoms with Gasteiger partial charge < -0.3 is 9.47 Å². The zero-order chi connectivity index (χ0) is 17.4. The van der Waals surface area contributed by atoms with E-state index in [4.69, 9.17) is 21.1 Å². The molecule has 0 saturated carbocycles. The van der Waals surface area contributed by atoms with Gasteiger partial charge in [0.1, 0.15) is 11.4 Å². The summed E-state index contributed by atoms with van der Waals surface area (Å²) < 4.78 is 28.3. The van der Waals surface area contributed by atoms with Crippen molar-refractivity contribution in [1.82, 2.24) is 9.36 Å². The highest BCUT2D eigenvalue weighted by molar-refractivity contribution is 7.06. The van der Waals surface area contributed by atoms with Gasteiger partial charge in [0.05, 0.1) is 30.3 Å². The van der Waals surface area contributed by atoms with E-state index >= 15 is 0 Å². The lowest BCUT2D eigenvalue weighted by Crippen LogP contribution is -2.20. The molecule has 0 spiro atoms. The number of methoxy groups -OCH3 is 1. The molecule has 0 aliphatic carbocycles. The monoisotopic (exact) mass is 373 g/mol. The van der Waals surface area contributed by atoms with Gasteiger partial charge in [0.15, 0.2) is 5.82 Å². The van der Waals surface area contributed by atoms with Gasteiger partial charge in [-0.15, -0.1) is 0 Å². The first-order valence-corrected chi connectivity index (χ1v) is 8.62. The van der Waals surface area contributed by atoms with Crippen LogP contribution >= 0.6 is 22.9 Å². The van der Waals surface area contributed by atoms with Crippen molar-refractivity contribution in [3.8, 4) is 5.75 Å². The van der Waals surface area contributed by atoms with Crippen LogP contribution in [-0.4, -0.2) is 28.7 Å². The fourth-order valence-electron chi connectivity index (χ4n) is 2.46. The summed E-state index contributed by atoms with van der Waals surface area (Å²) in [6.07, 6.45) is -0.192. The normalized spacial score (nSPS) is 17.6. The molecule has 130 valence electrons. The van der Waals surface area contributed by atoms with Crippen LogP contribution in [0.1, 0.15) is 13.8 Å². The van der Waals surface area contributed by atoms with Crippen molar-refractivity contribution in [2.45, 2.75) is 39.1 Å². The average Bonchev–Trinajstić information content (AvgIpc) is 3.05. The Hall–Kier alpha value is -1.64. The van der Waals surface area contributed by atoms with Crippen LogP contribution < -0.4 is 14.4 Å². The lowest BCUT2D eigenvalue weighted by Gasteiger charge is -2.12. The Morgan fingerprint density at radius 1 is 1.38 bits per heavy atom. The first-order chi connectivity index (χ1) is 11.4. The van der Waals surface area contributed by atoms with E-state index in [1.807, 2.05) is 13.8 Å². The molecule has 9 heteroatoms. The topological polar surface area (TPSA) is 57.8 Å². The Labute approximate surface area is 146 Å². The highest BCUT2D eigenvalue weighted by atomic mass is 35.5. The van der Waals surface area contributed by atoms with Crippen molar-refractivity contribution >= 4 is 28.6 Å². The molecule has 0 saturated heterocycles. The number of aromatic nitrogens is 2. The second kappa shape index (κ2) is 6.70. The molecule has 1 unspecified atom stereocenters. The van der Waals surface area contributed by atoms with E-state index in [9.17, 15) is 9.18 Å². The molecule has 6 nitrogen and oxygen atoms in total. The summed E-state index contributed by atoms with van der Waals surface area (Å²) in [4.78, 5) is 16.6. The lowest BCUT2D eigenvalue weighted by atomic mass is 10.3. The number of fused-ring (bicyclic) bond motifs is 1. The molecular formula is C15H17ClFN3O3S. The van der Waals surface area contributed by atoms with Gasteiger partial charge in [0.2, 0.25) is 4.80 Å². The smallest absolute Gasteiger partial charge is 0.325 e. The average molecular weight is 374 g/mol. The van der Waals surface area contributed by atoms with E-state index < -0.39 is 5.82 Å². The highest BCUT2D eigenvalue weighted by Crippen LogP contribution is 2.32. The third-order valence-corrected chi connectivity index (χ3v) is 4.73. The molecule has 1 aliphatic heterocycles. The van der Waals surface area contributed by atoms with Crippen molar-refractivity contribution in [3.63, 3.8) is 0 Å². The molecule has 0 amide bonds. The summed E-state index contributed by atoms with van der Waals surface area (Å²) in [5.41, 5.74) is 0.0769. The number of rotatable bonds is 4. The third-order valence-electron chi connectivity index (χ3n) is 3.57.